The minimum atomic E-state index is -0.689. The normalized spacial score (nSPS) is 23.8. The SMILES string of the molecule is CCOC(=O)c1cn2c(c(OCc3ccccc3)c1=O)C(=O)N1C3CCC1(CC3)C2. The molecule has 4 heterocycles. The van der Waals surface area contributed by atoms with E-state index in [1.54, 1.807) is 11.5 Å². The van der Waals surface area contributed by atoms with Gasteiger partial charge in [0, 0.05) is 18.8 Å². The summed E-state index contributed by atoms with van der Waals surface area (Å²) < 4.78 is 12.7. The van der Waals surface area contributed by atoms with Gasteiger partial charge in [-0.25, -0.2) is 4.79 Å². The number of benzene rings is 1. The summed E-state index contributed by atoms with van der Waals surface area (Å²) in [5.74, 6) is -0.919. The van der Waals surface area contributed by atoms with Crippen LogP contribution in [0.5, 0.6) is 5.75 Å². The van der Waals surface area contributed by atoms with Crippen LogP contribution in [0.4, 0.5) is 0 Å². The Morgan fingerprint density at radius 2 is 1.90 bits per heavy atom. The Kier molecular flexibility index (Phi) is 4.41. The fraction of sp³-hybridized carbons (Fsp3) is 0.435. The number of fused-ring (bicyclic) bond motifs is 1. The van der Waals surface area contributed by atoms with Gasteiger partial charge in [0.1, 0.15) is 12.2 Å². The van der Waals surface area contributed by atoms with Gasteiger partial charge in [-0.15, -0.1) is 0 Å². The number of esters is 1. The van der Waals surface area contributed by atoms with Crippen molar-refractivity contribution < 1.29 is 19.1 Å². The highest BCUT2D eigenvalue weighted by molar-refractivity contribution is 5.99. The van der Waals surface area contributed by atoms with Crippen LogP contribution in [-0.4, -0.2) is 39.5 Å². The number of pyridine rings is 1. The number of amides is 1. The Labute approximate surface area is 174 Å². The van der Waals surface area contributed by atoms with Crippen LogP contribution < -0.4 is 10.2 Å². The molecule has 0 atom stereocenters. The fourth-order valence-electron chi connectivity index (χ4n) is 5.27. The maximum absolute atomic E-state index is 13.5. The predicted octanol–water partition coefficient (Wildman–Crippen LogP) is 2.75. The molecule has 3 aliphatic rings. The summed E-state index contributed by atoms with van der Waals surface area (Å²) in [5.41, 5.74) is 0.221. The summed E-state index contributed by atoms with van der Waals surface area (Å²) in [4.78, 5) is 41.1. The van der Waals surface area contributed by atoms with Gasteiger partial charge in [-0.1, -0.05) is 30.3 Å². The summed E-state index contributed by atoms with van der Waals surface area (Å²) >= 11 is 0. The molecule has 1 aromatic carbocycles. The van der Waals surface area contributed by atoms with E-state index in [1.165, 1.54) is 6.20 Å². The molecule has 7 nitrogen and oxygen atoms in total. The molecule has 0 radical (unpaired) electrons. The van der Waals surface area contributed by atoms with E-state index in [2.05, 4.69) is 0 Å². The highest BCUT2D eigenvalue weighted by Crippen LogP contribution is 2.50. The number of carbonyl (C=O) groups excluding carboxylic acids is 2. The van der Waals surface area contributed by atoms with E-state index in [0.717, 1.165) is 31.2 Å². The van der Waals surface area contributed by atoms with Crippen molar-refractivity contribution in [3.63, 3.8) is 0 Å². The minimum absolute atomic E-state index is 0.0597. The molecule has 2 fully saturated rings. The lowest BCUT2D eigenvalue weighted by Crippen LogP contribution is -2.53. The topological polar surface area (TPSA) is 77.8 Å². The van der Waals surface area contributed by atoms with Crippen molar-refractivity contribution >= 4 is 11.9 Å². The first-order chi connectivity index (χ1) is 14.5. The molecule has 1 aromatic heterocycles. The smallest absolute Gasteiger partial charge is 0.343 e. The average molecular weight is 408 g/mol. The second-order valence-corrected chi connectivity index (χ2v) is 8.30. The molecule has 0 saturated carbocycles. The quantitative estimate of drug-likeness (QED) is 0.711. The van der Waals surface area contributed by atoms with E-state index < -0.39 is 11.4 Å². The lowest BCUT2D eigenvalue weighted by atomic mass is 9.86. The van der Waals surface area contributed by atoms with Crippen molar-refractivity contribution in [3.05, 3.63) is 63.6 Å². The van der Waals surface area contributed by atoms with Gasteiger partial charge < -0.3 is 18.9 Å². The first kappa shape index (κ1) is 18.9. The van der Waals surface area contributed by atoms with Crippen LogP contribution in [0.25, 0.3) is 0 Å². The summed E-state index contributed by atoms with van der Waals surface area (Å²) in [5, 5.41) is 0. The highest BCUT2D eigenvalue weighted by Gasteiger charge is 2.57. The van der Waals surface area contributed by atoms with Gasteiger partial charge in [-0.2, -0.15) is 0 Å². The second-order valence-electron chi connectivity index (χ2n) is 8.30. The summed E-state index contributed by atoms with van der Waals surface area (Å²) in [6, 6.07) is 9.66. The van der Waals surface area contributed by atoms with Crippen LogP contribution in [0.15, 0.2) is 41.3 Å². The molecule has 1 amide bonds. The molecule has 0 unspecified atom stereocenters. The molecule has 2 bridgehead atoms. The van der Waals surface area contributed by atoms with Gasteiger partial charge in [0.05, 0.1) is 12.1 Å². The van der Waals surface area contributed by atoms with E-state index >= 15 is 0 Å². The van der Waals surface area contributed by atoms with Gasteiger partial charge in [-0.05, 0) is 38.2 Å². The second kappa shape index (κ2) is 7.00. The number of carbonyl (C=O) groups is 2. The average Bonchev–Trinajstić information content (AvgIpc) is 3.30. The van der Waals surface area contributed by atoms with Crippen molar-refractivity contribution in [1.82, 2.24) is 9.47 Å². The summed E-state index contributed by atoms with van der Waals surface area (Å²) in [7, 11) is 0. The Bertz CT molecular complexity index is 1070. The summed E-state index contributed by atoms with van der Waals surface area (Å²) in [6.45, 7) is 2.56. The predicted molar refractivity (Wildman–Crippen MR) is 109 cm³/mol. The van der Waals surface area contributed by atoms with Gasteiger partial charge in [-0.3, -0.25) is 9.59 Å². The molecule has 7 heteroatoms. The third-order valence-electron chi connectivity index (χ3n) is 6.61. The summed E-state index contributed by atoms with van der Waals surface area (Å²) in [6.07, 6.45) is 5.35. The maximum atomic E-state index is 13.5. The van der Waals surface area contributed by atoms with Gasteiger partial charge in [0.25, 0.3) is 5.91 Å². The molecular formula is C23H24N2O5. The largest absolute Gasteiger partial charge is 0.483 e. The Morgan fingerprint density at radius 1 is 1.17 bits per heavy atom. The Morgan fingerprint density at radius 3 is 2.60 bits per heavy atom. The number of nitrogens with zero attached hydrogens (tertiary/aromatic N) is 2. The zero-order valence-corrected chi connectivity index (χ0v) is 16.9. The number of rotatable bonds is 5. The first-order valence-corrected chi connectivity index (χ1v) is 10.5. The monoisotopic (exact) mass is 408 g/mol. The highest BCUT2D eigenvalue weighted by atomic mass is 16.5. The van der Waals surface area contributed by atoms with Crippen LogP contribution in [0.3, 0.4) is 0 Å². The van der Waals surface area contributed by atoms with Gasteiger partial charge in [0.2, 0.25) is 5.43 Å². The minimum Gasteiger partial charge on any atom is -0.483 e. The van der Waals surface area contributed by atoms with Crippen molar-refractivity contribution in [1.29, 1.82) is 0 Å². The molecule has 2 saturated heterocycles. The molecule has 0 spiro atoms. The van der Waals surface area contributed by atoms with Gasteiger partial charge >= 0.3 is 5.97 Å². The first-order valence-electron chi connectivity index (χ1n) is 10.5. The Balaban J connectivity index is 1.61. The fourth-order valence-corrected chi connectivity index (χ4v) is 5.27. The van der Waals surface area contributed by atoms with Crippen LogP contribution in [0.1, 0.15) is 59.0 Å². The van der Waals surface area contributed by atoms with E-state index in [9.17, 15) is 14.4 Å². The number of hydrogen-bond acceptors (Lipinski definition) is 5. The zero-order chi connectivity index (χ0) is 20.9. The van der Waals surface area contributed by atoms with Gasteiger partial charge in [0.15, 0.2) is 11.4 Å². The molecule has 0 N–H and O–H groups in total. The van der Waals surface area contributed by atoms with Crippen molar-refractivity contribution in [2.24, 2.45) is 0 Å². The number of hydrogen-bond donors (Lipinski definition) is 0. The van der Waals surface area contributed by atoms with Crippen LogP contribution in [0, 0.1) is 0 Å². The third kappa shape index (κ3) is 2.75. The standard InChI is InChI=1S/C23H24N2O5/c1-2-29-22(28)17-12-24-14-23-10-8-16(9-11-23)25(23)21(27)18(24)20(19(17)26)30-13-15-6-4-3-5-7-15/h3-7,12,16H,2,8-11,13-14H2,1H3. The third-order valence-corrected chi connectivity index (χ3v) is 6.61. The van der Waals surface area contributed by atoms with E-state index in [-0.39, 0.29) is 47.7 Å². The van der Waals surface area contributed by atoms with E-state index in [0.29, 0.717) is 6.54 Å². The molecule has 30 heavy (non-hydrogen) atoms. The lowest BCUT2D eigenvalue weighted by molar-refractivity contribution is 0.0469. The molecule has 0 aliphatic carbocycles. The van der Waals surface area contributed by atoms with Crippen LogP contribution in [0.2, 0.25) is 0 Å². The number of aromatic nitrogens is 1. The lowest BCUT2D eigenvalue weighted by Gasteiger charge is -2.41. The number of ether oxygens (including phenoxy) is 2. The van der Waals surface area contributed by atoms with Crippen LogP contribution >= 0.6 is 0 Å². The Hall–Kier alpha value is -3.09. The van der Waals surface area contributed by atoms with Crippen molar-refractivity contribution in [3.8, 4) is 5.75 Å². The molecule has 5 rings (SSSR count). The zero-order valence-electron chi connectivity index (χ0n) is 16.9. The van der Waals surface area contributed by atoms with Crippen molar-refractivity contribution in [2.75, 3.05) is 6.61 Å². The molecule has 2 aromatic rings. The van der Waals surface area contributed by atoms with E-state index in [4.69, 9.17) is 9.47 Å². The molecule has 156 valence electrons. The van der Waals surface area contributed by atoms with E-state index in [1.807, 2.05) is 35.2 Å². The molecule has 3 aliphatic heterocycles. The van der Waals surface area contributed by atoms with Crippen LogP contribution in [-0.2, 0) is 17.9 Å². The maximum Gasteiger partial charge on any atom is 0.343 e. The van der Waals surface area contributed by atoms with Crippen molar-refractivity contribution in [2.45, 2.75) is 57.3 Å². The molecular weight excluding hydrogens is 384 g/mol.